The highest BCUT2D eigenvalue weighted by Crippen LogP contribution is 2.32. The molecule has 17 heavy (non-hydrogen) atoms. The number of esters is 1. The molecule has 4 unspecified atom stereocenters. The van der Waals surface area contributed by atoms with E-state index in [1.807, 2.05) is 13.8 Å². The van der Waals surface area contributed by atoms with Crippen molar-refractivity contribution in [2.24, 2.45) is 17.8 Å². The number of nitrogens with zero attached hydrogens (tertiary/aromatic N) is 1. The van der Waals surface area contributed by atoms with E-state index in [0.29, 0.717) is 12.6 Å². The van der Waals surface area contributed by atoms with Crippen LogP contribution in [0.1, 0.15) is 20.8 Å². The van der Waals surface area contributed by atoms with Gasteiger partial charge in [-0.05, 0) is 38.8 Å². The molecule has 4 heteroatoms. The summed E-state index contributed by atoms with van der Waals surface area (Å²) in [5.74, 6) is 1.47. The Kier molecular flexibility index (Phi) is 4.05. The molecule has 98 valence electrons. The van der Waals surface area contributed by atoms with Crippen molar-refractivity contribution in [3.05, 3.63) is 0 Å². The average molecular weight is 240 g/mol. The van der Waals surface area contributed by atoms with Gasteiger partial charge in [0.15, 0.2) is 0 Å². The molecule has 2 aliphatic rings. The Bertz CT molecular complexity index is 283. The fraction of sp³-hybridized carbons (Fsp3) is 0.923. The van der Waals surface area contributed by atoms with E-state index >= 15 is 0 Å². The molecule has 2 heterocycles. The molecule has 0 aromatic rings. The summed E-state index contributed by atoms with van der Waals surface area (Å²) in [5, 5.41) is 3.45. The van der Waals surface area contributed by atoms with E-state index in [-0.39, 0.29) is 11.9 Å². The third-order valence-corrected chi connectivity index (χ3v) is 4.25. The van der Waals surface area contributed by atoms with Crippen LogP contribution in [0, 0.1) is 17.8 Å². The SMILES string of the molecule is CCOC(=O)C(C)CN1CC2CNCC2C1C. The number of rotatable bonds is 4. The van der Waals surface area contributed by atoms with Gasteiger partial charge in [-0.2, -0.15) is 0 Å². The zero-order chi connectivity index (χ0) is 12.4. The lowest BCUT2D eigenvalue weighted by molar-refractivity contribution is -0.148. The number of carbonyl (C=O) groups is 1. The van der Waals surface area contributed by atoms with Crippen molar-refractivity contribution in [1.29, 1.82) is 0 Å². The Labute approximate surface area is 104 Å². The topological polar surface area (TPSA) is 41.6 Å². The van der Waals surface area contributed by atoms with Crippen LogP contribution in [0.5, 0.6) is 0 Å². The molecule has 4 atom stereocenters. The predicted octanol–water partition coefficient (Wildman–Crippen LogP) is 0.725. The molecule has 0 aliphatic carbocycles. The monoisotopic (exact) mass is 240 g/mol. The quantitative estimate of drug-likeness (QED) is 0.735. The molecule has 0 radical (unpaired) electrons. The van der Waals surface area contributed by atoms with Crippen LogP contribution in [0.2, 0.25) is 0 Å². The molecule has 2 fully saturated rings. The number of fused-ring (bicyclic) bond motifs is 1. The van der Waals surface area contributed by atoms with Crippen LogP contribution in [0.3, 0.4) is 0 Å². The summed E-state index contributed by atoms with van der Waals surface area (Å²) in [4.78, 5) is 14.1. The molecule has 0 spiro atoms. The average Bonchev–Trinajstić information content (AvgIpc) is 2.84. The first kappa shape index (κ1) is 12.8. The largest absolute Gasteiger partial charge is 0.466 e. The molecule has 4 nitrogen and oxygen atoms in total. The van der Waals surface area contributed by atoms with E-state index in [2.05, 4.69) is 17.1 Å². The van der Waals surface area contributed by atoms with Gasteiger partial charge in [-0.3, -0.25) is 9.69 Å². The lowest BCUT2D eigenvalue weighted by Crippen LogP contribution is -2.38. The van der Waals surface area contributed by atoms with Crippen molar-refractivity contribution in [3.8, 4) is 0 Å². The molecular weight excluding hydrogens is 216 g/mol. The summed E-state index contributed by atoms with van der Waals surface area (Å²) in [6, 6.07) is 0.590. The molecule has 2 aliphatic heterocycles. The van der Waals surface area contributed by atoms with Crippen LogP contribution >= 0.6 is 0 Å². The van der Waals surface area contributed by atoms with Crippen molar-refractivity contribution in [2.75, 3.05) is 32.8 Å². The second kappa shape index (κ2) is 5.36. The maximum atomic E-state index is 11.6. The van der Waals surface area contributed by atoms with Crippen LogP contribution in [-0.4, -0.2) is 49.7 Å². The van der Waals surface area contributed by atoms with Gasteiger partial charge in [0, 0.05) is 19.1 Å². The minimum Gasteiger partial charge on any atom is -0.466 e. The third-order valence-electron chi connectivity index (χ3n) is 4.25. The van der Waals surface area contributed by atoms with Gasteiger partial charge in [0.2, 0.25) is 0 Å². The van der Waals surface area contributed by atoms with E-state index in [9.17, 15) is 4.79 Å². The maximum Gasteiger partial charge on any atom is 0.309 e. The van der Waals surface area contributed by atoms with E-state index in [4.69, 9.17) is 4.74 Å². The zero-order valence-electron chi connectivity index (χ0n) is 11.1. The second-order valence-electron chi connectivity index (χ2n) is 5.43. The number of likely N-dealkylation sites (tertiary alicyclic amines) is 1. The first-order valence-corrected chi connectivity index (χ1v) is 6.74. The second-order valence-corrected chi connectivity index (χ2v) is 5.43. The zero-order valence-corrected chi connectivity index (χ0v) is 11.1. The van der Waals surface area contributed by atoms with Gasteiger partial charge in [-0.15, -0.1) is 0 Å². The van der Waals surface area contributed by atoms with Gasteiger partial charge in [0.25, 0.3) is 0 Å². The standard InChI is InChI=1S/C13H24N2O2/c1-4-17-13(16)9(2)7-15-8-11-5-14-6-12(11)10(15)3/h9-12,14H,4-8H2,1-3H3. The van der Waals surface area contributed by atoms with E-state index in [1.54, 1.807) is 0 Å². The number of ether oxygens (including phenoxy) is 1. The van der Waals surface area contributed by atoms with E-state index in [1.165, 1.54) is 0 Å². The maximum absolute atomic E-state index is 11.6. The molecule has 2 rings (SSSR count). The van der Waals surface area contributed by atoms with E-state index < -0.39 is 0 Å². The first-order valence-electron chi connectivity index (χ1n) is 6.74. The third kappa shape index (κ3) is 2.63. The highest BCUT2D eigenvalue weighted by atomic mass is 16.5. The van der Waals surface area contributed by atoms with Crippen LogP contribution in [0.4, 0.5) is 0 Å². The number of nitrogens with one attached hydrogen (secondary N) is 1. The van der Waals surface area contributed by atoms with Gasteiger partial charge in [-0.1, -0.05) is 6.92 Å². The molecule has 0 bridgehead atoms. The molecule has 0 aromatic carbocycles. The van der Waals surface area contributed by atoms with Gasteiger partial charge < -0.3 is 10.1 Å². The summed E-state index contributed by atoms with van der Waals surface area (Å²) < 4.78 is 5.07. The van der Waals surface area contributed by atoms with Crippen LogP contribution in [0.15, 0.2) is 0 Å². The molecule has 0 amide bonds. The molecule has 1 N–H and O–H groups in total. The smallest absolute Gasteiger partial charge is 0.309 e. The summed E-state index contributed by atoms with van der Waals surface area (Å²) in [5.41, 5.74) is 0. The minimum absolute atomic E-state index is 0.0100. The van der Waals surface area contributed by atoms with Crippen molar-refractivity contribution in [3.63, 3.8) is 0 Å². The molecular formula is C13H24N2O2. The lowest BCUT2D eigenvalue weighted by atomic mass is 9.95. The van der Waals surface area contributed by atoms with Crippen LogP contribution in [0.25, 0.3) is 0 Å². The van der Waals surface area contributed by atoms with Crippen molar-refractivity contribution < 1.29 is 9.53 Å². The molecule has 0 aromatic heterocycles. The van der Waals surface area contributed by atoms with Gasteiger partial charge in [-0.25, -0.2) is 0 Å². The minimum atomic E-state index is -0.0603. The lowest BCUT2D eigenvalue weighted by Gasteiger charge is -2.26. The Morgan fingerprint density at radius 3 is 2.94 bits per heavy atom. The van der Waals surface area contributed by atoms with Crippen molar-refractivity contribution in [2.45, 2.75) is 26.8 Å². The van der Waals surface area contributed by atoms with Crippen molar-refractivity contribution in [1.82, 2.24) is 10.2 Å². The van der Waals surface area contributed by atoms with Gasteiger partial charge in [0.05, 0.1) is 12.5 Å². The fourth-order valence-electron chi connectivity index (χ4n) is 3.21. The number of carbonyl (C=O) groups excluding carboxylic acids is 1. The van der Waals surface area contributed by atoms with Gasteiger partial charge >= 0.3 is 5.97 Å². The predicted molar refractivity (Wildman–Crippen MR) is 66.7 cm³/mol. The Morgan fingerprint density at radius 2 is 2.29 bits per heavy atom. The normalized spacial score (nSPS) is 34.6. The Hall–Kier alpha value is -0.610. The Balaban J connectivity index is 1.85. The van der Waals surface area contributed by atoms with Crippen molar-refractivity contribution >= 4 is 5.97 Å². The van der Waals surface area contributed by atoms with Gasteiger partial charge in [0.1, 0.15) is 0 Å². The summed E-state index contributed by atoms with van der Waals surface area (Å²) >= 11 is 0. The fourth-order valence-corrected chi connectivity index (χ4v) is 3.21. The molecule has 2 saturated heterocycles. The number of hydrogen-bond donors (Lipinski definition) is 1. The van der Waals surface area contributed by atoms with Crippen LogP contribution < -0.4 is 5.32 Å². The number of hydrogen-bond acceptors (Lipinski definition) is 4. The summed E-state index contributed by atoms with van der Waals surface area (Å²) in [6.07, 6.45) is 0. The van der Waals surface area contributed by atoms with Crippen LogP contribution in [-0.2, 0) is 9.53 Å². The first-order chi connectivity index (χ1) is 8.13. The highest BCUT2D eigenvalue weighted by Gasteiger charge is 2.42. The summed E-state index contributed by atoms with van der Waals surface area (Å²) in [7, 11) is 0. The van der Waals surface area contributed by atoms with E-state index in [0.717, 1.165) is 38.0 Å². The summed E-state index contributed by atoms with van der Waals surface area (Å²) in [6.45, 7) is 10.8. The molecule has 0 saturated carbocycles. The Morgan fingerprint density at radius 1 is 1.53 bits per heavy atom. The highest BCUT2D eigenvalue weighted by molar-refractivity contribution is 5.72.